The Morgan fingerprint density at radius 1 is 1.25 bits per heavy atom. The third-order valence-corrected chi connectivity index (χ3v) is 3.29. The van der Waals surface area contributed by atoms with Gasteiger partial charge in [-0.05, 0) is 42.8 Å². The Labute approximate surface area is 123 Å². The van der Waals surface area contributed by atoms with E-state index in [1.807, 2.05) is 31.2 Å². The number of thiocarbonyl (C=S) groups is 1. The summed E-state index contributed by atoms with van der Waals surface area (Å²) in [6.45, 7) is 1.87. The minimum absolute atomic E-state index is 0.147. The molecule has 1 heterocycles. The summed E-state index contributed by atoms with van der Waals surface area (Å²) in [5.74, 6) is -0.147. The first-order valence-electron chi connectivity index (χ1n) is 6.10. The molecule has 0 saturated carbocycles. The molecule has 102 valence electrons. The van der Waals surface area contributed by atoms with Crippen molar-refractivity contribution in [3.8, 4) is 0 Å². The number of aromatic nitrogens is 1. The van der Waals surface area contributed by atoms with Crippen molar-refractivity contribution in [2.24, 2.45) is 5.73 Å². The number of hydrogen-bond donors (Lipinski definition) is 1. The molecule has 2 N–H and O–H groups in total. The summed E-state index contributed by atoms with van der Waals surface area (Å²) in [5, 5.41) is 0. The molecule has 5 heteroatoms. The van der Waals surface area contributed by atoms with E-state index in [-0.39, 0.29) is 5.91 Å². The maximum atomic E-state index is 12.4. The maximum absolute atomic E-state index is 12.4. The number of carbonyl (C=O) groups excluding carboxylic acids is 1. The van der Waals surface area contributed by atoms with E-state index in [2.05, 4.69) is 4.98 Å². The highest BCUT2D eigenvalue weighted by Gasteiger charge is 2.16. The Bertz CT molecular complexity index is 652. The van der Waals surface area contributed by atoms with E-state index >= 15 is 0 Å². The monoisotopic (exact) mass is 285 g/mol. The quantitative estimate of drug-likeness (QED) is 0.879. The predicted molar refractivity (Wildman–Crippen MR) is 84.0 cm³/mol. The smallest absolute Gasteiger partial charge is 0.276 e. The topological polar surface area (TPSA) is 59.2 Å². The van der Waals surface area contributed by atoms with Gasteiger partial charge in [0.2, 0.25) is 0 Å². The fraction of sp³-hybridized carbons (Fsp3) is 0.133. The minimum Gasteiger partial charge on any atom is -0.389 e. The molecule has 1 amide bonds. The number of nitrogens with two attached hydrogens (primary N) is 1. The van der Waals surface area contributed by atoms with Crippen molar-refractivity contribution in [3.63, 3.8) is 0 Å². The van der Waals surface area contributed by atoms with Crippen molar-refractivity contribution in [1.82, 2.24) is 4.98 Å². The number of hydrogen-bond acceptors (Lipinski definition) is 3. The van der Waals surface area contributed by atoms with Crippen molar-refractivity contribution in [2.75, 3.05) is 11.9 Å². The molecule has 20 heavy (non-hydrogen) atoms. The molecule has 0 aliphatic heterocycles. The van der Waals surface area contributed by atoms with Gasteiger partial charge < -0.3 is 10.6 Å². The molecule has 0 unspecified atom stereocenters. The van der Waals surface area contributed by atoms with E-state index in [9.17, 15) is 4.79 Å². The molecule has 1 aromatic carbocycles. The van der Waals surface area contributed by atoms with Crippen molar-refractivity contribution < 1.29 is 4.79 Å². The van der Waals surface area contributed by atoms with Crippen LogP contribution in [0.2, 0.25) is 0 Å². The third kappa shape index (κ3) is 2.83. The average Bonchev–Trinajstić information content (AvgIpc) is 2.46. The van der Waals surface area contributed by atoms with Gasteiger partial charge in [0.05, 0.1) is 0 Å². The lowest BCUT2D eigenvalue weighted by Crippen LogP contribution is -2.27. The van der Waals surface area contributed by atoms with Crippen molar-refractivity contribution in [3.05, 3.63) is 59.4 Å². The van der Waals surface area contributed by atoms with Gasteiger partial charge in [-0.25, -0.2) is 0 Å². The van der Waals surface area contributed by atoms with Crippen molar-refractivity contribution in [2.45, 2.75) is 6.92 Å². The highest BCUT2D eigenvalue weighted by molar-refractivity contribution is 7.80. The van der Waals surface area contributed by atoms with Crippen molar-refractivity contribution >= 4 is 28.8 Å². The van der Waals surface area contributed by atoms with Crippen LogP contribution in [0.3, 0.4) is 0 Å². The van der Waals surface area contributed by atoms with E-state index in [0.29, 0.717) is 10.7 Å². The molecule has 1 aromatic heterocycles. The summed E-state index contributed by atoms with van der Waals surface area (Å²) < 4.78 is 0. The molecule has 0 aliphatic carbocycles. The molecule has 0 radical (unpaired) electrons. The molecular weight excluding hydrogens is 270 g/mol. The SMILES string of the molecule is Cc1cccnc1C(=O)N(C)c1ccc(C(N)=S)cc1. The molecule has 0 aliphatic rings. The number of aryl methyl sites for hydroxylation is 1. The summed E-state index contributed by atoms with van der Waals surface area (Å²) in [7, 11) is 1.71. The number of carbonyl (C=O) groups is 1. The molecular formula is C15H15N3OS. The van der Waals surface area contributed by atoms with Crippen LogP contribution < -0.4 is 10.6 Å². The molecule has 0 saturated heterocycles. The van der Waals surface area contributed by atoms with Crippen LogP contribution in [0.25, 0.3) is 0 Å². The average molecular weight is 285 g/mol. The van der Waals surface area contributed by atoms with Gasteiger partial charge in [-0.1, -0.05) is 18.3 Å². The molecule has 0 spiro atoms. The second kappa shape index (κ2) is 5.79. The number of amides is 1. The Hall–Kier alpha value is -2.27. The lowest BCUT2D eigenvalue weighted by atomic mass is 10.1. The number of pyridine rings is 1. The van der Waals surface area contributed by atoms with Crippen LogP contribution in [0.15, 0.2) is 42.6 Å². The van der Waals surface area contributed by atoms with Gasteiger partial charge in [0.1, 0.15) is 10.7 Å². The first-order chi connectivity index (χ1) is 9.50. The van der Waals surface area contributed by atoms with Crippen LogP contribution in [0.5, 0.6) is 0 Å². The number of anilines is 1. The summed E-state index contributed by atoms with van der Waals surface area (Å²) in [6, 6.07) is 10.9. The van der Waals surface area contributed by atoms with Crippen LogP contribution >= 0.6 is 12.2 Å². The largest absolute Gasteiger partial charge is 0.389 e. The van der Waals surface area contributed by atoms with Gasteiger partial charge in [-0.15, -0.1) is 0 Å². The molecule has 2 aromatic rings. The van der Waals surface area contributed by atoms with E-state index in [1.165, 1.54) is 0 Å². The van der Waals surface area contributed by atoms with Gasteiger partial charge in [0.25, 0.3) is 5.91 Å². The summed E-state index contributed by atoms with van der Waals surface area (Å²) in [4.78, 5) is 18.4. The Morgan fingerprint density at radius 3 is 2.45 bits per heavy atom. The lowest BCUT2D eigenvalue weighted by Gasteiger charge is -2.18. The highest BCUT2D eigenvalue weighted by Crippen LogP contribution is 2.17. The first-order valence-corrected chi connectivity index (χ1v) is 6.51. The van der Waals surface area contributed by atoms with Crippen LogP contribution in [-0.4, -0.2) is 22.9 Å². The van der Waals surface area contributed by atoms with Gasteiger partial charge in [-0.2, -0.15) is 0 Å². The van der Waals surface area contributed by atoms with Crippen molar-refractivity contribution in [1.29, 1.82) is 0 Å². The highest BCUT2D eigenvalue weighted by atomic mass is 32.1. The lowest BCUT2D eigenvalue weighted by molar-refractivity contribution is 0.0987. The second-order valence-electron chi connectivity index (χ2n) is 4.44. The molecule has 4 nitrogen and oxygen atoms in total. The van der Waals surface area contributed by atoms with E-state index in [0.717, 1.165) is 16.8 Å². The van der Waals surface area contributed by atoms with Gasteiger partial charge in [0, 0.05) is 24.5 Å². The van der Waals surface area contributed by atoms with Gasteiger partial charge >= 0.3 is 0 Å². The zero-order chi connectivity index (χ0) is 14.7. The van der Waals surface area contributed by atoms with Crippen LogP contribution in [-0.2, 0) is 0 Å². The maximum Gasteiger partial charge on any atom is 0.276 e. The number of rotatable bonds is 3. The Kier molecular flexibility index (Phi) is 4.10. The zero-order valence-corrected chi connectivity index (χ0v) is 12.1. The second-order valence-corrected chi connectivity index (χ2v) is 4.88. The summed E-state index contributed by atoms with van der Waals surface area (Å²) in [6.07, 6.45) is 1.62. The van der Waals surface area contributed by atoms with Crippen LogP contribution in [0.4, 0.5) is 5.69 Å². The predicted octanol–water partition coefficient (Wildman–Crippen LogP) is 2.30. The van der Waals surface area contributed by atoms with Gasteiger partial charge in [-0.3, -0.25) is 9.78 Å². The summed E-state index contributed by atoms with van der Waals surface area (Å²) >= 11 is 4.90. The fourth-order valence-electron chi connectivity index (χ4n) is 1.83. The Balaban J connectivity index is 2.27. The van der Waals surface area contributed by atoms with Crippen LogP contribution in [0, 0.1) is 6.92 Å². The van der Waals surface area contributed by atoms with E-state index in [1.54, 1.807) is 30.3 Å². The van der Waals surface area contributed by atoms with E-state index in [4.69, 9.17) is 18.0 Å². The zero-order valence-electron chi connectivity index (χ0n) is 11.3. The standard InChI is InChI=1S/C15H15N3OS/c1-10-4-3-9-17-13(10)15(19)18(2)12-7-5-11(6-8-12)14(16)20/h3-9H,1-2H3,(H2,16,20). The third-order valence-electron chi connectivity index (χ3n) is 3.06. The fourth-order valence-corrected chi connectivity index (χ4v) is 1.97. The first kappa shape index (κ1) is 14.1. The van der Waals surface area contributed by atoms with Gasteiger partial charge in [0.15, 0.2) is 0 Å². The molecule has 0 bridgehead atoms. The van der Waals surface area contributed by atoms with E-state index < -0.39 is 0 Å². The number of nitrogens with zero attached hydrogens (tertiary/aromatic N) is 2. The Morgan fingerprint density at radius 2 is 1.90 bits per heavy atom. The number of benzene rings is 1. The van der Waals surface area contributed by atoms with Crippen LogP contribution in [0.1, 0.15) is 21.6 Å². The normalized spacial score (nSPS) is 10.1. The molecule has 0 atom stereocenters. The molecule has 0 fully saturated rings. The molecule has 2 rings (SSSR count). The minimum atomic E-state index is -0.147. The summed E-state index contributed by atoms with van der Waals surface area (Å²) in [5.41, 5.74) is 8.40.